The molecule has 0 bridgehead atoms. The molecule has 2 aromatic rings. The summed E-state index contributed by atoms with van der Waals surface area (Å²) < 4.78 is 2.34. The van der Waals surface area contributed by atoms with Crippen LogP contribution in [0.2, 0.25) is 0 Å². The molecule has 1 aliphatic heterocycles. The number of fused-ring (bicyclic) bond motifs is 1. The van der Waals surface area contributed by atoms with E-state index in [4.69, 9.17) is 16.6 Å². The maximum Gasteiger partial charge on any atom is 0.160 e. The largest absolute Gasteiger partial charge is 0.309 e. The maximum atomic E-state index is 5.93. The van der Waals surface area contributed by atoms with Crippen LogP contribution in [0, 0.1) is 6.92 Å². The number of imidazole rings is 1. The van der Waals surface area contributed by atoms with Gasteiger partial charge in [0.05, 0.1) is 0 Å². The second-order valence-corrected chi connectivity index (χ2v) is 6.59. The predicted molar refractivity (Wildman–Crippen MR) is 82.3 cm³/mol. The van der Waals surface area contributed by atoms with Crippen molar-refractivity contribution >= 4 is 34.5 Å². The van der Waals surface area contributed by atoms with E-state index in [2.05, 4.69) is 22.5 Å². The molecule has 102 valence electrons. The van der Waals surface area contributed by atoms with Crippen molar-refractivity contribution in [2.75, 3.05) is 17.4 Å². The number of hydrogen-bond donors (Lipinski definition) is 0. The third kappa shape index (κ3) is 2.61. The third-order valence-electron chi connectivity index (χ3n) is 3.56. The molecule has 0 aromatic carbocycles. The number of thioether (sulfide) groups is 1. The van der Waals surface area contributed by atoms with Gasteiger partial charge in [-0.25, -0.2) is 9.97 Å². The number of halogens is 1. The summed E-state index contributed by atoms with van der Waals surface area (Å²) in [5.41, 5.74) is 3.20. The van der Waals surface area contributed by atoms with Crippen LogP contribution in [0.15, 0.2) is 12.3 Å². The molecule has 1 saturated heterocycles. The van der Waals surface area contributed by atoms with Crippen molar-refractivity contribution in [2.24, 2.45) is 0 Å². The molecule has 0 aliphatic carbocycles. The fourth-order valence-electron chi connectivity index (χ4n) is 2.70. The molecule has 0 radical (unpaired) electrons. The number of aryl methyl sites for hydroxylation is 2. The Morgan fingerprint density at radius 1 is 1.53 bits per heavy atom. The number of hydrogen-bond acceptors (Lipinski definition) is 3. The molecule has 0 amide bonds. The summed E-state index contributed by atoms with van der Waals surface area (Å²) in [7, 11) is 0. The van der Waals surface area contributed by atoms with Crippen LogP contribution in [-0.2, 0) is 6.42 Å². The summed E-state index contributed by atoms with van der Waals surface area (Å²) in [5.74, 6) is 4.15. The summed E-state index contributed by atoms with van der Waals surface area (Å²) in [6.45, 7) is 2.06. The van der Waals surface area contributed by atoms with Gasteiger partial charge >= 0.3 is 0 Å². The zero-order valence-corrected chi connectivity index (χ0v) is 12.7. The normalized spacial score (nSPS) is 20.0. The molecule has 3 heterocycles. The second-order valence-electron chi connectivity index (χ2n) is 5.06. The molecule has 0 saturated carbocycles. The maximum absolute atomic E-state index is 5.93. The quantitative estimate of drug-likeness (QED) is 0.811. The molecule has 3 rings (SSSR count). The SMILES string of the molecule is Cc1cnc2c(c1)nc(CCCl)n2C1CCCSC1. The van der Waals surface area contributed by atoms with Crippen LogP contribution in [0.3, 0.4) is 0 Å². The molecular weight excluding hydrogens is 278 g/mol. The van der Waals surface area contributed by atoms with Crippen molar-refractivity contribution in [3.8, 4) is 0 Å². The molecule has 1 fully saturated rings. The summed E-state index contributed by atoms with van der Waals surface area (Å²) in [6.07, 6.45) is 5.25. The molecule has 1 aliphatic rings. The Morgan fingerprint density at radius 2 is 2.42 bits per heavy atom. The van der Waals surface area contributed by atoms with E-state index < -0.39 is 0 Å². The molecule has 5 heteroatoms. The molecule has 0 spiro atoms. The first kappa shape index (κ1) is 13.3. The van der Waals surface area contributed by atoms with Crippen molar-refractivity contribution in [1.82, 2.24) is 14.5 Å². The highest BCUT2D eigenvalue weighted by Crippen LogP contribution is 2.31. The molecule has 1 atom stereocenters. The molecular formula is C14H18ClN3S. The zero-order chi connectivity index (χ0) is 13.2. The van der Waals surface area contributed by atoms with E-state index in [1.807, 2.05) is 18.0 Å². The van der Waals surface area contributed by atoms with Crippen LogP contribution in [0.25, 0.3) is 11.2 Å². The first-order chi connectivity index (χ1) is 9.29. The zero-order valence-electron chi connectivity index (χ0n) is 11.1. The van der Waals surface area contributed by atoms with E-state index in [-0.39, 0.29) is 0 Å². The number of rotatable bonds is 3. The van der Waals surface area contributed by atoms with Crippen molar-refractivity contribution in [2.45, 2.75) is 32.2 Å². The van der Waals surface area contributed by atoms with Crippen molar-refractivity contribution < 1.29 is 0 Å². The first-order valence-corrected chi connectivity index (χ1v) is 8.45. The Labute approximate surface area is 122 Å². The van der Waals surface area contributed by atoms with Gasteiger partial charge in [0.25, 0.3) is 0 Å². The summed E-state index contributed by atoms with van der Waals surface area (Å²) in [5, 5.41) is 0. The molecule has 0 N–H and O–H groups in total. The van der Waals surface area contributed by atoms with Gasteiger partial charge in [0.15, 0.2) is 5.65 Å². The van der Waals surface area contributed by atoms with E-state index in [1.165, 1.54) is 18.6 Å². The van der Waals surface area contributed by atoms with Crippen molar-refractivity contribution in [1.29, 1.82) is 0 Å². The third-order valence-corrected chi connectivity index (χ3v) is 4.95. The summed E-state index contributed by atoms with van der Waals surface area (Å²) in [6, 6.07) is 2.64. The van der Waals surface area contributed by atoms with E-state index in [0.717, 1.165) is 34.7 Å². The Hall–Kier alpha value is -0.740. The Morgan fingerprint density at radius 3 is 3.16 bits per heavy atom. The minimum atomic E-state index is 0.525. The Bertz CT molecular complexity index is 575. The van der Waals surface area contributed by atoms with Crippen LogP contribution in [0.1, 0.15) is 30.3 Å². The average molecular weight is 296 g/mol. The fraction of sp³-hybridized carbons (Fsp3) is 0.571. The van der Waals surface area contributed by atoms with Gasteiger partial charge in [0.2, 0.25) is 0 Å². The minimum absolute atomic E-state index is 0.525. The topological polar surface area (TPSA) is 30.7 Å². The molecule has 19 heavy (non-hydrogen) atoms. The minimum Gasteiger partial charge on any atom is -0.309 e. The van der Waals surface area contributed by atoms with Crippen LogP contribution < -0.4 is 0 Å². The average Bonchev–Trinajstić information content (AvgIpc) is 2.77. The fourth-order valence-corrected chi connectivity index (χ4v) is 4.00. The Balaban J connectivity index is 2.09. The number of nitrogens with zero attached hydrogens (tertiary/aromatic N) is 3. The van der Waals surface area contributed by atoms with Gasteiger partial charge in [0, 0.05) is 30.3 Å². The highest BCUT2D eigenvalue weighted by molar-refractivity contribution is 7.99. The van der Waals surface area contributed by atoms with Gasteiger partial charge in [-0.1, -0.05) is 0 Å². The van der Waals surface area contributed by atoms with Gasteiger partial charge in [0.1, 0.15) is 11.3 Å². The van der Waals surface area contributed by atoms with Gasteiger partial charge in [-0.05, 0) is 37.1 Å². The van der Waals surface area contributed by atoms with E-state index in [1.54, 1.807) is 0 Å². The number of alkyl halides is 1. The van der Waals surface area contributed by atoms with Crippen molar-refractivity contribution in [3.05, 3.63) is 23.7 Å². The molecule has 2 aromatic heterocycles. The second kappa shape index (κ2) is 5.71. The summed E-state index contributed by atoms with van der Waals surface area (Å²) >= 11 is 7.96. The predicted octanol–water partition coefficient (Wildman–Crippen LogP) is 3.59. The van der Waals surface area contributed by atoms with Crippen LogP contribution in [0.4, 0.5) is 0 Å². The molecule has 3 nitrogen and oxygen atoms in total. The van der Waals surface area contributed by atoms with Gasteiger partial charge in [-0.2, -0.15) is 11.8 Å². The van der Waals surface area contributed by atoms with Gasteiger partial charge < -0.3 is 4.57 Å². The van der Waals surface area contributed by atoms with Crippen LogP contribution >= 0.6 is 23.4 Å². The first-order valence-electron chi connectivity index (χ1n) is 6.77. The lowest BCUT2D eigenvalue weighted by Gasteiger charge is -2.24. The van der Waals surface area contributed by atoms with Crippen LogP contribution in [-0.4, -0.2) is 31.9 Å². The monoisotopic (exact) mass is 295 g/mol. The van der Waals surface area contributed by atoms with Crippen LogP contribution in [0.5, 0.6) is 0 Å². The van der Waals surface area contributed by atoms with E-state index in [0.29, 0.717) is 11.9 Å². The summed E-state index contributed by atoms with van der Waals surface area (Å²) in [4.78, 5) is 9.35. The lowest BCUT2D eigenvalue weighted by molar-refractivity contribution is 0.493. The Kier molecular flexibility index (Phi) is 3.99. The molecule has 1 unspecified atom stereocenters. The van der Waals surface area contributed by atoms with Gasteiger partial charge in [-0.15, -0.1) is 11.6 Å². The highest BCUT2D eigenvalue weighted by atomic mass is 35.5. The number of aromatic nitrogens is 3. The van der Waals surface area contributed by atoms with Crippen molar-refractivity contribution in [3.63, 3.8) is 0 Å². The highest BCUT2D eigenvalue weighted by Gasteiger charge is 2.22. The number of pyridine rings is 1. The smallest absolute Gasteiger partial charge is 0.160 e. The standard InChI is InChI=1S/C14H18ClN3S/c1-10-7-12-14(16-8-10)18(13(17-12)4-5-15)11-3-2-6-19-9-11/h7-8,11H,2-6,9H2,1H3. The van der Waals surface area contributed by atoms with Gasteiger partial charge in [-0.3, -0.25) is 0 Å². The lowest BCUT2D eigenvalue weighted by Crippen LogP contribution is -2.19. The van der Waals surface area contributed by atoms with E-state index >= 15 is 0 Å². The van der Waals surface area contributed by atoms with E-state index in [9.17, 15) is 0 Å². The lowest BCUT2D eigenvalue weighted by atomic mass is 10.1.